The van der Waals surface area contributed by atoms with Crippen LogP contribution in [-0.4, -0.2) is 25.3 Å². The van der Waals surface area contributed by atoms with Crippen molar-refractivity contribution in [2.75, 3.05) is 13.2 Å². The third-order valence-electron chi connectivity index (χ3n) is 4.61. The van der Waals surface area contributed by atoms with Crippen LogP contribution in [-0.2, 0) is 4.74 Å². The van der Waals surface area contributed by atoms with Gasteiger partial charge in [-0.1, -0.05) is 20.8 Å². The fourth-order valence-electron chi connectivity index (χ4n) is 2.72. The zero-order chi connectivity index (χ0) is 11.6. The second kappa shape index (κ2) is 5.05. The smallest absolute Gasteiger partial charge is 0.0658 e. The fourth-order valence-corrected chi connectivity index (χ4v) is 2.72. The highest BCUT2D eigenvalue weighted by molar-refractivity contribution is 5.04. The Bertz CT molecular complexity index is 227. The minimum atomic E-state index is 0.379. The van der Waals surface area contributed by atoms with Gasteiger partial charge in [0.2, 0.25) is 0 Å². The Labute approximate surface area is 100 Å². The van der Waals surface area contributed by atoms with E-state index in [1.807, 2.05) is 0 Å². The second-order valence-electron chi connectivity index (χ2n) is 5.87. The maximum absolute atomic E-state index is 6.08. The predicted molar refractivity (Wildman–Crippen MR) is 67.6 cm³/mol. The molecule has 2 nitrogen and oxygen atoms in total. The first-order valence-electron chi connectivity index (χ1n) is 7.05. The van der Waals surface area contributed by atoms with Gasteiger partial charge < -0.3 is 10.1 Å². The van der Waals surface area contributed by atoms with Crippen LogP contribution < -0.4 is 5.32 Å². The minimum Gasteiger partial charge on any atom is -0.377 e. The Kier molecular flexibility index (Phi) is 3.91. The number of ether oxygens (including phenoxy) is 1. The lowest BCUT2D eigenvalue weighted by Gasteiger charge is -2.54. The molecule has 2 saturated carbocycles. The lowest BCUT2D eigenvalue weighted by molar-refractivity contribution is -0.131. The number of nitrogens with one attached hydrogen (secondary N) is 1. The average Bonchev–Trinajstić information content (AvgIpc) is 3.09. The van der Waals surface area contributed by atoms with E-state index in [-0.39, 0.29) is 0 Å². The molecule has 3 atom stereocenters. The van der Waals surface area contributed by atoms with Crippen molar-refractivity contribution in [2.24, 2.45) is 11.3 Å². The van der Waals surface area contributed by atoms with Gasteiger partial charge in [-0.2, -0.15) is 0 Å². The topological polar surface area (TPSA) is 21.3 Å². The van der Waals surface area contributed by atoms with Crippen molar-refractivity contribution in [1.29, 1.82) is 0 Å². The van der Waals surface area contributed by atoms with E-state index in [9.17, 15) is 0 Å². The standard InChI is InChI=1S/C14H27NO/c1-4-8-15-12-9-13(14(12,3)5-2)16-10-11-6-7-11/h11-13,15H,4-10H2,1-3H3. The summed E-state index contributed by atoms with van der Waals surface area (Å²) in [6.45, 7) is 9.08. The van der Waals surface area contributed by atoms with E-state index in [1.165, 1.54) is 32.1 Å². The maximum atomic E-state index is 6.08. The molecule has 0 heterocycles. The fraction of sp³-hybridized carbons (Fsp3) is 1.00. The average molecular weight is 225 g/mol. The number of hydrogen-bond acceptors (Lipinski definition) is 2. The largest absolute Gasteiger partial charge is 0.377 e. The molecule has 2 rings (SSSR count). The molecule has 16 heavy (non-hydrogen) atoms. The van der Waals surface area contributed by atoms with Gasteiger partial charge in [-0.05, 0) is 44.6 Å². The van der Waals surface area contributed by atoms with Gasteiger partial charge in [0, 0.05) is 18.1 Å². The summed E-state index contributed by atoms with van der Waals surface area (Å²) in [5.74, 6) is 0.892. The van der Waals surface area contributed by atoms with Crippen molar-refractivity contribution < 1.29 is 4.74 Å². The van der Waals surface area contributed by atoms with Gasteiger partial charge in [0.1, 0.15) is 0 Å². The summed E-state index contributed by atoms with van der Waals surface area (Å²) in [4.78, 5) is 0. The molecular formula is C14H27NO. The van der Waals surface area contributed by atoms with Crippen LogP contribution in [0.4, 0.5) is 0 Å². The number of hydrogen-bond donors (Lipinski definition) is 1. The highest BCUT2D eigenvalue weighted by Crippen LogP contribution is 2.46. The normalized spacial score (nSPS) is 38.4. The van der Waals surface area contributed by atoms with Crippen molar-refractivity contribution >= 4 is 0 Å². The molecule has 3 unspecified atom stereocenters. The first kappa shape index (κ1) is 12.4. The number of rotatable bonds is 7. The maximum Gasteiger partial charge on any atom is 0.0658 e. The van der Waals surface area contributed by atoms with E-state index in [1.54, 1.807) is 0 Å². The molecule has 0 aliphatic heterocycles. The lowest BCUT2D eigenvalue weighted by Crippen LogP contribution is -2.62. The highest BCUT2D eigenvalue weighted by atomic mass is 16.5. The van der Waals surface area contributed by atoms with Gasteiger partial charge in [-0.25, -0.2) is 0 Å². The lowest BCUT2D eigenvalue weighted by atomic mass is 9.61. The first-order valence-corrected chi connectivity index (χ1v) is 7.05. The highest BCUT2D eigenvalue weighted by Gasteiger charge is 2.51. The summed E-state index contributed by atoms with van der Waals surface area (Å²) in [7, 11) is 0. The van der Waals surface area contributed by atoms with E-state index in [0.717, 1.165) is 19.1 Å². The molecule has 2 heteroatoms. The molecule has 94 valence electrons. The molecule has 0 bridgehead atoms. The molecular weight excluding hydrogens is 198 g/mol. The van der Waals surface area contributed by atoms with Crippen LogP contribution in [0.15, 0.2) is 0 Å². The monoisotopic (exact) mass is 225 g/mol. The SMILES string of the molecule is CCCNC1CC(OCC2CC2)C1(C)CC. The van der Waals surface area contributed by atoms with E-state index in [0.29, 0.717) is 17.6 Å². The quantitative estimate of drug-likeness (QED) is 0.719. The Morgan fingerprint density at radius 1 is 1.31 bits per heavy atom. The van der Waals surface area contributed by atoms with Crippen LogP contribution in [0.25, 0.3) is 0 Å². The van der Waals surface area contributed by atoms with E-state index in [2.05, 4.69) is 26.1 Å². The molecule has 0 aromatic carbocycles. The molecule has 0 radical (unpaired) electrons. The summed E-state index contributed by atoms with van der Waals surface area (Å²) in [6, 6.07) is 0.682. The molecule has 2 aliphatic carbocycles. The molecule has 0 amide bonds. The van der Waals surface area contributed by atoms with Gasteiger partial charge in [0.05, 0.1) is 6.10 Å². The summed E-state index contributed by atoms with van der Waals surface area (Å²) in [5, 5.41) is 3.66. The summed E-state index contributed by atoms with van der Waals surface area (Å²) in [5.41, 5.74) is 0.379. The van der Waals surface area contributed by atoms with Crippen LogP contribution in [0.2, 0.25) is 0 Å². The zero-order valence-corrected chi connectivity index (χ0v) is 11.1. The van der Waals surface area contributed by atoms with Crippen LogP contribution in [0.5, 0.6) is 0 Å². The van der Waals surface area contributed by atoms with Gasteiger partial charge in [-0.15, -0.1) is 0 Å². The molecule has 2 aliphatic rings. The Balaban J connectivity index is 1.77. The van der Waals surface area contributed by atoms with E-state index < -0.39 is 0 Å². The van der Waals surface area contributed by atoms with Gasteiger partial charge in [0.15, 0.2) is 0 Å². The molecule has 0 spiro atoms. The van der Waals surface area contributed by atoms with E-state index in [4.69, 9.17) is 4.74 Å². The zero-order valence-electron chi connectivity index (χ0n) is 11.1. The first-order chi connectivity index (χ1) is 7.70. The third-order valence-corrected chi connectivity index (χ3v) is 4.61. The van der Waals surface area contributed by atoms with Gasteiger partial charge in [0.25, 0.3) is 0 Å². The van der Waals surface area contributed by atoms with E-state index >= 15 is 0 Å². The van der Waals surface area contributed by atoms with Gasteiger partial charge in [-0.3, -0.25) is 0 Å². The third kappa shape index (κ3) is 2.43. The Morgan fingerprint density at radius 2 is 2.06 bits per heavy atom. The predicted octanol–water partition coefficient (Wildman–Crippen LogP) is 2.97. The Morgan fingerprint density at radius 3 is 2.62 bits per heavy atom. The van der Waals surface area contributed by atoms with Crippen molar-refractivity contribution in [2.45, 2.75) is 65.0 Å². The van der Waals surface area contributed by atoms with Crippen LogP contribution in [0.1, 0.15) is 52.9 Å². The summed E-state index contributed by atoms with van der Waals surface area (Å²) >= 11 is 0. The molecule has 0 saturated heterocycles. The van der Waals surface area contributed by atoms with Crippen LogP contribution in [0.3, 0.4) is 0 Å². The minimum absolute atomic E-state index is 0.379. The molecule has 0 aromatic heterocycles. The summed E-state index contributed by atoms with van der Waals surface area (Å²) < 4.78 is 6.08. The summed E-state index contributed by atoms with van der Waals surface area (Å²) in [6.07, 6.45) is 6.97. The van der Waals surface area contributed by atoms with Crippen molar-refractivity contribution in [3.63, 3.8) is 0 Å². The van der Waals surface area contributed by atoms with Crippen LogP contribution >= 0.6 is 0 Å². The molecule has 0 aromatic rings. The Hall–Kier alpha value is -0.0800. The van der Waals surface area contributed by atoms with Crippen molar-refractivity contribution in [3.8, 4) is 0 Å². The molecule has 1 N–H and O–H groups in total. The second-order valence-corrected chi connectivity index (χ2v) is 5.87. The van der Waals surface area contributed by atoms with Crippen LogP contribution in [0, 0.1) is 11.3 Å². The van der Waals surface area contributed by atoms with Crippen molar-refractivity contribution in [1.82, 2.24) is 5.32 Å². The van der Waals surface area contributed by atoms with Crippen molar-refractivity contribution in [3.05, 3.63) is 0 Å². The molecule has 2 fully saturated rings. The van der Waals surface area contributed by atoms with Gasteiger partial charge >= 0.3 is 0 Å².